The predicted octanol–water partition coefficient (Wildman–Crippen LogP) is 3.54. The quantitative estimate of drug-likeness (QED) is 0.456. The van der Waals surface area contributed by atoms with Crippen LogP contribution in [0.2, 0.25) is 0 Å². The lowest BCUT2D eigenvalue weighted by Gasteiger charge is -2.34. The van der Waals surface area contributed by atoms with Crippen LogP contribution in [-0.2, 0) is 24.3 Å². The Bertz CT molecular complexity index is 1060. The Balaban J connectivity index is 1.32. The Morgan fingerprint density at radius 3 is 2.20 bits per heavy atom. The van der Waals surface area contributed by atoms with Gasteiger partial charge in [0.05, 0.1) is 4.88 Å². The summed E-state index contributed by atoms with van der Waals surface area (Å²) in [5.41, 5.74) is 3.33. The first-order valence-electron chi connectivity index (χ1n) is 12.3. The van der Waals surface area contributed by atoms with Crippen molar-refractivity contribution < 1.29 is 9.59 Å². The zero-order valence-electron chi connectivity index (χ0n) is 20.3. The number of piperazine rings is 1. The van der Waals surface area contributed by atoms with Crippen LogP contribution in [0.1, 0.15) is 33.3 Å². The molecular formula is C28H34N4O2S. The van der Waals surface area contributed by atoms with E-state index in [1.165, 1.54) is 16.9 Å². The first kappa shape index (κ1) is 25.1. The molecule has 0 spiro atoms. The van der Waals surface area contributed by atoms with E-state index in [-0.39, 0.29) is 11.8 Å². The topological polar surface area (TPSA) is 64.7 Å². The van der Waals surface area contributed by atoms with E-state index in [9.17, 15) is 9.59 Å². The van der Waals surface area contributed by atoms with Crippen molar-refractivity contribution in [1.29, 1.82) is 0 Å². The average Bonchev–Trinajstić information content (AvgIpc) is 3.44. The first-order valence-corrected chi connectivity index (χ1v) is 13.2. The molecule has 35 heavy (non-hydrogen) atoms. The normalized spacial score (nSPS) is 15.5. The lowest BCUT2D eigenvalue weighted by Crippen LogP contribution is -2.47. The van der Waals surface area contributed by atoms with Crippen molar-refractivity contribution in [2.45, 2.75) is 32.5 Å². The molecule has 2 aromatic carbocycles. The lowest BCUT2D eigenvalue weighted by molar-refractivity contribution is -0.123. The SMILES string of the molecule is CCN1CCN(Cc2ccc(CNC(=O)C(Cc3ccccc3)NC(=O)c3cccs3)cc2)CC1. The molecule has 0 bridgehead atoms. The van der Waals surface area contributed by atoms with Crippen molar-refractivity contribution >= 4 is 23.2 Å². The molecule has 2 amide bonds. The summed E-state index contributed by atoms with van der Waals surface area (Å²) in [7, 11) is 0. The van der Waals surface area contributed by atoms with Crippen LogP contribution >= 0.6 is 11.3 Å². The smallest absolute Gasteiger partial charge is 0.262 e. The predicted molar refractivity (Wildman–Crippen MR) is 141 cm³/mol. The molecule has 184 valence electrons. The summed E-state index contributed by atoms with van der Waals surface area (Å²) < 4.78 is 0. The average molecular weight is 491 g/mol. The van der Waals surface area contributed by atoms with Crippen LogP contribution in [0.4, 0.5) is 0 Å². The highest BCUT2D eigenvalue weighted by Gasteiger charge is 2.22. The molecule has 2 N–H and O–H groups in total. The monoisotopic (exact) mass is 490 g/mol. The molecule has 0 radical (unpaired) electrons. The van der Waals surface area contributed by atoms with Gasteiger partial charge in [0.2, 0.25) is 5.91 Å². The lowest BCUT2D eigenvalue weighted by atomic mass is 10.0. The van der Waals surface area contributed by atoms with E-state index >= 15 is 0 Å². The molecule has 1 atom stereocenters. The van der Waals surface area contributed by atoms with E-state index in [2.05, 4.69) is 51.6 Å². The van der Waals surface area contributed by atoms with Gasteiger partial charge in [0.15, 0.2) is 0 Å². The second kappa shape index (κ2) is 12.6. The molecule has 1 fully saturated rings. The van der Waals surface area contributed by atoms with E-state index in [1.54, 1.807) is 6.07 Å². The minimum absolute atomic E-state index is 0.184. The molecule has 2 heterocycles. The molecule has 1 aliphatic heterocycles. The summed E-state index contributed by atoms with van der Waals surface area (Å²) in [4.78, 5) is 31.3. The third kappa shape index (κ3) is 7.49. The van der Waals surface area contributed by atoms with Crippen LogP contribution in [0.5, 0.6) is 0 Å². The van der Waals surface area contributed by atoms with Crippen LogP contribution < -0.4 is 10.6 Å². The Morgan fingerprint density at radius 2 is 1.54 bits per heavy atom. The molecule has 0 aliphatic carbocycles. The molecule has 1 saturated heterocycles. The Labute approximate surface area is 212 Å². The number of hydrogen-bond acceptors (Lipinski definition) is 5. The van der Waals surface area contributed by atoms with Crippen LogP contribution in [-0.4, -0.2) is 60.4 Å². The van der Waals surface area contributed by atoms with E-state index in [4.69, 9.17) is 0 Å². The minimum Gasteiger partial charge on any atom is -0.350 e. The second-order valence-corrected chi connectivity index (χ2v) is 9.89. The summed E-state index contributed by atoms with van der Waals surface area (Å²) in [6.07, 6.45) is 0.439. The third-order valence-corrected chi connectivity index (χ3v) is 7.33. The van der Waals surface area contributed by atoms with Crippen molar-refractivity contribution in [3.63, 3.8) is 0 Å². The van der Waals surface area contributed by atoms with Gasteiger partial charge in [-0.3, -0.25) is 14.5 Å². The highest BCUT2D eigenvalue weighted by atomic mass is 32.1. The van der Waals surface area contributed by atoms with Gasteiger partial charge in [-0.25, -0.2) is 0 Å². The molecular weight excluding hydrogens is 456 g/mol. The largest absolute Gasteiger partial charge is 0.350 e. The van der Waals surface area contributed by atoms with Crippen LogP contribution in [0.15, 0.2) is 72.1 Å². The van der Waals surface area contributed by atoms with Crippen molar-refractivity contribution in [1.82, 2.24) is 20.4 Å². The standard InChI is InChI=1S/C28H34N4O2S/c1-2-31-14-16-32(17-15-31)21-24-12-10-23(11-13-24)20-29-27(33)25(19-22-7-4-3-5-8-22)30-28(34)26-9-6-18-35-26/h3-13,18,25H,2,14-17,19-21H2,1H3,(H,29,33)(H,30,34). The van der Waals surface area contributed by atoms with Crippen LogP contribution in [0, 0.1) is 0 Å². The maximum absolute atomic E-state index is 13.1. The second-order valence-electron chi connectivity index (χ2n) is 8.94. The fourth-order valence-electron chi connectivity index (χ4n) is 4.29. The number of rotatable bonds is 10. The summed E-state index contributed by atoms with van der Waals surface area (Å²) in [6, 6.07) is 21.2. The van der Waals surface area contributed by atoms with Gasteiger partial charge in [-0.2, -0.15) is 0 Å². The summed E-state index contributed by atoms with van der Waals surface area (Å²) >= 11 is 1.37. The summed E-state index contributed by atoms with van der Waals surface area (Å²) in [5.74, 6) is -0.406. The van der Waals surface area contributed by atoms with Gasteiger partial charge in [-0.05, 0) is 34.7 Å². The van der Waals surface area contributed by atoms with Gasteiger partial charge in [0, 0.05) is 45.7 Å². The number of carbonyl (C=O) groups is 2. The fourth-order valence-corrected chi connectivity index (χ4v) is 4.92. The summed E-state index contributed by atoms with van der Waals surface area (Å²) in [5, 5.41) is 7.79. The molecule has 1 aromatic heterocycles. The van der Waals surface area contributed by atoms with Crippen molar-refractivity contribution in [2.75, 3.05) is 32.7 Å². The minimum atomic E-state index is -0.645. The van der Waals surface area contributed by atoms with Crippen LogP contribution in [0.3, 0.4) is 0 Å². The molecule has 0 saturated carbocycles. The molecule has 7 heteroatoms. The fraction of sp³-hybridized carbons (Fsp3) is 0.357. The van der Waals surface area contributed by atoms with Gasteiger partial charge < -0.3 is 15.5 Å². The number of benzene rings is 2. The number of hydrogen-bond donors (Lipinski definition) is 2. The highest BCUT2D eigenvalue weighted by molar-refractivity contribution is 7.12. The van der Waals surface area contributed by atoms with Crippen molar-refractivity contribution in [3.05, 3.63) is 93.7 Å². The number of carbonyl (C=O) groups excluding carboxylic acids is 2. The first-order chi connectivity index (χ1) is 17.1. The molecule has 4 rings (SSSR count). The Hall–Kier alpha value is -3.00. The van der Waals surface area contributed by atoms with Gasteiger partial charge in [0.25, 0.3) is 5.91 Å². The van der Waals surface area contributed by atoms with Gasteiger partial charge in [-0.1, -0.05) is 67.6 Å². The van der Waals surface area contributed by atoms with Gasteiger partial charge in [-0.15, -0.1) is 11.3 Å². The number of nitrogens with zero attached hydrogens (tertiary/aromatic N) is 2. The summed E-state index contributed by atoms with van der Waals surface area (Å²) in [6.45, 7) is 9.19. The van der Waals surface area contributed by atoms with Crippen molar-refractivity contribution in [2.24, 2.45) is 0 Å². The molecule has 1 unspecified atom stereocenters. The van der Waals surface area contributed by atoms with Crippen molar-refractivity contribution in [3.8, 4) is 0 Å². The number of thiophene rings is 1. The number of nitrogens with one attached hydrogen (secondary N) is 2. The maximum Gasteiger partial charge on any atom is 0.262 e. The Kier molecular flexibility index (Phi) is 9.06. The molecule has 6 nitrogen and oxygen atoms in total. The highest BCUT2D eigenvalue weighted by Crippen LogP contribution is 2.12. The van der Waals surface area contributed by atoms with E-state index < -0.39 is 6.04 Å². The third-order valence-electron chi connectivity index (χ3n) is 6.46. The zero-order valence-corrected chi connectivity index (χ0v) is 21.1. The molecule has 1 aliphatic rings. The van der Waals surface area contributed by atoms with Gasteiger partial charge >= 0.3 is 0 Å². The Morgan fingerprint density at radius 1 is 0.857 bits per heavy atom. The van der Waals surface area contributed by atoms with E-state index in [0.717, 1.165) is 50.4 Å². The van der Waals surface area contributed by atoms with E-state index in [0.29, 0.717) is 17.8 Å². The molecule has 3 aromatic rings. The number of amides is 2. The van der Waals surface area contributed by atoms with E-state index in [1.807, 2.05) is 41.8 Å². The zero-order chi connectivity index (χ0) is 24.5. The van der Waals surface area contributed by atoms with Crippen LogP contribution in [0.25, 0.3) is 0 Å². The maximum atomic E-state index is 13.1. The van der Waals surface area contributed by atoms with Gasteiger partial charge in [0.1, 0.15) is 6.04 Å². The number of likely N-dealkylation sites (N-methyl/N-ethyl adjacent to an activating group) is 1.